The van der Waals surface area contributed by atoms with Crippen LogP contribution in [0.25, 0.3) is 10.1 Å². The third kappa shape index (κ3) is 1.14. The highest BCUT2D eigenvalue weighted by molar-refractivity contribution is 7.19. The largest absolute Gasteiger partial charge is 0.384 e. The molecule has 0 radical (unpaired) electrons. The monoisotopic (exact) mass is 215 g/mol. The minimum atomic E-state index is 0.896. The summed E-state index contributed by atoms with van der Waals surface area (Å²) in [7, 11) is 0. The van der Waals surface area contributed by atoms with Crippen molar-refractivity contribution in [1.82, 2.24) is 0 Å². The first-order valence-electron chi connectivity index (χ1n) is 5.71. The van der Waals surface area contributed by atoms with Crippen molar-refractivity contribution < 1.29 is 0 Å². The van der Waals surface area contributed by atoms with Gasteiger partial charge in [0.05, 0.1) is 0 Å². The minimum Gasteiger partial charge on any atom is -0.384 e. The van der Waals surface area contributed by atoms with Crippen LogP contribution in [0, 0.1) is 0 Å². The van der Waals surface area contributed by atoms with Gasteiger partial charge in [0, 0.05) is 21.8 Å². The van der Waals surface area contributed by atoms with Gasteiger partial charge in [-0.2, -0.15) is 0 Å². The number of hydrogen-bond donors (Lipinski definition) is 1. The summed E-state index contributed by atoms with van der Waals surface area (Å²) in [4.78, 5) is 1.62. The van der Waals surface area contributed by atoms with Gasteiger partial charge in [0.1, 0.15) is 0 Å². The second-order valence-electron chi connectivity index (χ2n) is 4.61. The van der Waals surface area contributed by atoms with Gasteiger partial charge in [0.2, 0.25) is 0 Å². The normalized spacial score (nSPS) is 19.2. The zero-order valence-electron chi connectivity index (χ0n) is 8.55. The Bertz CT molecular complexity index is 537. The van der Waals surface area contributed by atoms with Crippen LogP contribution in [0.2, 0.25) is 0 Å². The van der Waals surface area contributed by atoms with E-state index in [1.165, 1.54) is 30.3 Å². The molecule has 1 aromatic carbocycles. The van der Waals surface area contributed by atoms with Gasteiger partial charge in [0.15, 0.2) is 0 Å². The first-order valence-corrected chi connectivity index (χ1v) is 6.53. The number of benzene rings is 1. The zero-order valence-corrected chi connectivity index (χ0v) is 9.36. The molecule has 0 amide bonds. The number of hydrogen-bond acceptors (Lipinski definition) is 2. The third-order valence-corrected chi connectivity index (χ3v) is 4.85. The average molecular weight is 215 g/mol. The van der Waals surface area contributed by atoms with E-state index in [9.17, 15) is 0 Å². The van der Waals surface area contributed by atoms with Crippen molar-refractivity contribution in [3.05, 3.63) is 28.6 Å². The summed E-state index contributed by atoms with van der Waals surface area (Å²) < 4.78 is 1.54. The molecule has 1 N–H and O–H groups in total. The van der Waals surface area contributed by atoms with Crippen LogP contribution in [0.4, 0.5) is 5.69 Å². The summed E-state index contributed by atoms with van der Waals surface area (Å²) in [5, 5.41) is 4.92. The number of nitrogens with one attached hydrogen (secondary N) is 1. The van der Waals surface area contributed by atoms with Crippen molar-refractivity contribution in [3.63, 3.8) is 0 Å². The summed E-state index contributed by atoms with van der Waals surface area (Å²) in [5.41, 5.74) is 2.93. The van der Waals surface area contributed by atoms with E-state index < -0.39 is 0 Å². The third-order valence-electron chi connectivity index (χ3n) is 3.48. The van der Waals surface area contributed by atoms with Gasteiger partial charge < -0.3 is 5.32 Å². The molecule has 1 aliphatic heterocycles. The predicted octanol–water partition coefficient (Wildman–Crippen LogP) is 3.75. The number of anilines is 1. The van der Waals surface area contributed by atoms with Crippen LogP contribution in [0.15, 0.2) is 18.2 Å². The molecule has 15 heavy (non-hydrogen) atoms. The molecule has 2 aliphatic rings. The van der Waals surface area contributed by atoms with Gasteiger partial charge in [-0.3, -0.25) is 0 Å². The molecule has 4 rings (SSSR count). The first kappa shape index (κ1) is 8.17. The molecule has 1 nitrogen and oxygen atoms in total. The molecular weight excluding hydrogens is 202 g/mol. The molecule has 0 unspecified atom stereocenters. The predicted molar refractivity (Wildman–Crippen MR) is 66.0 cm³/mol. The first-order chi connectivity index (χ1) is 7.42. The molecule has 2 heteroatoms. The molecule has 2 heterocycles. The van der Waals surface area contributed by atoms with Crippen LogP contribution in [-0.4, -0.2) is 6.54 Å². The Kier molecular flexibility index (Phi) is 1.50. The maximum atomic E-state index is 3.45. The molecule has 1 aliphatic carbocycles. The topological polar surface area (TPSA) is 12.0 Å². The van der Waals surface area contributed by atoms with Gasteiger partial charge >= 0.3 is 0 Å². The van der Waals surface area contributed by atoms with Crippen LogP contribution < -0.4 is 5.32 Å². The van der Waals surface area contributed by atoms with E-state index in [1.54, 1.807) is 15.1 Å². The summed E-state index contributed by atoms with van der Waals surface area (Å²) in [5.74, 6) is 0.896. The summed E-state index contributed by atoms with van der Waals surface area (Å²) >= 11 is 2.03. The maximum absolute atomic E-state index is 3.45. The molecule has 2 aromatic rings. The molecule has 1 fully saturated rings. The van der Waals surface area contributed by atoms with Crippen LogP contribution in [0.1, 0.15) is 29.2 Å². The Morgan fingerprint density at radius 1 is 1.27 bits per heavy atom. The Hall–Kier alpha value is -1.02. The fourth-order valence-electron chi connectivity index (χ4n) is 2.49. The highest BCUT2D eigenvalue weighted by atomic mass is 32.1. The van der Waals surface area contributed by atoms with E-state index in [0.717, 1.165) is 12.5 Å². The van der Waals surface area contributed by atoms with Crippen molar-refractivity contribution in [2.75, 3.05) is 11.9 Å². The van der Waals surface area contributed by atoms with Crippen molar-refractivity contribution >= 4 is 27.1 Å². The Labute approximate surface area is 93.1 Å². The number of thiophene rings is 1. The Morgan fingerprint density at radius 2 is 2.20 bits per heavy atom. The van der Waals surface area contributed by atoms with Gasteiger partial charge in [-0.15, -0.1) is 11.3 Å². The lowest BCUT2D eigenvalue weighted by molar-refractivity contribution is 1.12. The SMILES string of the molecule is c1cc2cc(C3CC3)sc2c2c1NCC2. The number of fused-ring (bicyclic) bond motifs is 3. The van der Waals surface area contributed by atoms with Crippen LogP contribution in [0.3, 0.4) is 0 Å². The lowest BCUT2D eigenvalue weighted by Gasteiger charge is -1.99. The van der Waals surface area contributed by atoms with Crippen LogP contribution >= 0.6 is 11.3 Å². The molecule has 1 aromatic heterocycles. The molecule has 0 atom stereocenters. The van der Waals surface area contributed by atoms with Crippen molar-refractivity contribution in [2.45, 2.75) is 25.2 Å². The van der Waals surface area contributed by atoms with Crippen LogP contribution in [-0.2, 0) is 6.42 Å². The lowest BCUT2D eigenvalue weighted by atomic mass is 10.1. The van der Waals surface area contributed by atoms with E-state index in [4.69, 9.17) is 0 Å². The highest BCUT2D eigenvalue weighted by Crippen LogP contribution is 2.46. The molecule has 0 spiro atoms. The quantitative estimate of drug-likeness (QED) is 0.764. The molecule has 76 valence electrons. The fraction of sp³-hybridized carbons (Fsp3) is 0.385. The summed E-state index contributed by atoms with van der Waals surface area (Å²) in [6.45, 7) is 1.12. The standard InChI is InChI=1S/C13H13NS/c1-2-8(1)12-7-9-3-4-11-10(5-6-14-11)13(9)15-12/h3-4,7-8,14H,1-2,5-6H2. The van der Waals surface area contributed by atoms with Crippen molar-refractivity contribution in [1.29, 1.82) is 0 Å². The molecule has 1 saturated carbocycles. The maximum Gasteiger partial charge on any atom is 0.0399 e. The zero-order chi connectivity index (χ0) is 9.83. The summed E-state index contributed by atoms with van der Waals surface area (Å²) in [6, 6.07) is 6.93. The van der Waals surface area contributed by atoms with Gasteiger partial charge in [-0.1, -0.05) is 6.07 Å². The van der Waals surface area contributed by atoms with Gasteiger partial charge in [0.25, 0.3) is 0 Å². The van der Waals surface area contributed by atoms with E-state index in [-0.39, 0.29) is 0 Å². The molecule has 0 bridgehead atoms. The van der Waals surface area contributed by atoms with Gasteiger partial charge in [-0.05, 0) is 48.3 Å². The highest BCUT2D eigenvalue weighted by Gasteiger charge is 2.26. The Morgan fingerprint density at radius 3 is 3.07 bits per heavy atom. The number of rotatable bonds is 1. The summed E-state index contributed by atoms with van der Waals surface area (Å²) in [6.07, 6.45) is 4.03. The second-order valence-corrected chi connectivity index (χ2v) is 5.69. The molecular formula is C13H13NS. The van der Waals surface area contributed by atoms with E-state index in [2.05, 4.69) is 23.5 Å². The van der Waals surface area contributed by atoms with Crippen LogP contribution in [0.5, 0.6) is 0 Å². The minimum absolute atomic E-state index is 0.896. The van der Waals surface area contributed by atoms with Crippen molar-refractivity contribution in [2.24, 2.45) is 0 Å². The smallest absolute Gasteiger partial charge is 0.0399 e. The lowest BCUT2D eigenvalue weighted by Crippen LogP contribution is -1.90. The van der Waals surface area contributed by atoms with E-state index in [0.29, 0.717) is 0 Å². The second kappa shape index (κ2) is 2.76. The van der Waals surface area contributed by atoms with E-state index >= 15 is 0 Å². The fourth-order valence-corrected chi connectivity index (χ4v) is 3.89. The Balaban J connectivity index is 1.99. The average Bonchev–Trinajstić information content (AvgIpc) is 2.84. The molecule has 0 saturated heterocycles. The van der Waals surface area contributed by atoms with Crippen molar-refractivity contribution in [3.8, 4) is 0 Å². The van der Waals surface area contributed by atoms with E-state index in [1.807, 2.05) is 11.3 Å². The van der Waals surface area contributed by atoms with Gasteiger partial charge in [-0.25, -0.2) is 0 Å².